The van der Waals surface area contributed by atoms with Crippen LogP contribution in [0.5, 0.6) is 0 Å². The van der Waals surface area contributed by atoms with Crippen LogP contribution in [0.1, 0.15) is 24.2 Å². The number of para-hydroxylation sites is 1. The third kappa shape index (κ3) is 4.97. The van der Waals surface area contributed by atoms with Crippen LogP contribution in [0.15, 0.2) is 59.5 Å². The van der Waals surface area contributed by atoms with Crippen molar-refractivity contribution in [3.8, 4) is 0 Å². The average Bonchev–Trinajstić information content (AvgIpc) is 2.61. The van der Waals surface area contributed by atoms with Gasteiger partial charge in [0.05, 0.1) is 10.6 Å². The van der Waals surface area contributed by atoms with E-state index in [1.165, 1.54) is 23.5 Å². The molecule has 0 heterocycles. The van der Waals surface area contributed by atoms with Gasteiger partial charge in [-0.15, -0.1) is 12.4 Å². The van der Waals surface area contributed by atoms with E-state index in [1.54, 1.807) is 50.2 Å². The molecule has 8 heteroatoms. The first kappa shape index (κ1) is 22.0. The summed E-state index contributed by atoms with van der Waals surface area (Å²) in [6.45, 7) is 3.87. The number of sulfonamides is 1. The van der Waals surface area contributed by atoms with E-state index in [4.69, 9.17) is 5.73 Å². The Morgan fingerprint density at radius 3 is 2.31 bits per heavy atom. The molecule has 0 radical (unpaired) electrons. The van der Waals surface area contributed by atoms with Crippen molar-refractivity contribution >= 4 is 34.0 Å². The number of halogens is 1. The van der Waals surface area contributed by atoms with Gasteiger partial charge in [-0.1, -0.05) is 24.3 Å². The van der Waals surface area contributed by atoms with Gasteiger partial charge in [0.2, 0.25) is 0 Å². The van der Waals surface area contributed by atoms with Gasteiger partial charge in [-0.05, 0) is 44.2 Å². The molecule has 0 spiro atoms. The predicted octanol–water partition coefficient (Wildman–Crippen LogP) is 2.40. The Morgan fingerprint density at radius 1 is 1.12 bits per heavy atom. The highest BCUT2D eigenvalue weighted by molar-refractivity contribution is 7.92. The first-order chi connectivity index (χ1) is 11.7. The van der Waals surface area contributed by atoms with E-state index < -0.39 is 15.6 Å². The summed E-state index contributed by atoms with van der Waals surface area (Å²) in [5.41, 5.74) is 5.85. The van der Waals surface area contributed by atoms with Crippen LogP contribution in [-0.4, -0.2) is 33.5 Å². The van der Waals surface area contributed by atoms with Crippen LogP contribution in [-0.2, 0) is 10.0 Å². The lowest BCUT2D eigenvalue weighted by molar-refractivity contribution is 0.0915. The van der Waals surface area contributed by atoms with Crippen LogP contribution in [0.3, 0.4) is 0 Å². The number of carbonyl (C=O) groups is 1. The van der Waals surface area contributed by atoms with E-state index in [2.05, 4.69) is 5.32 Å². The molecule has 0 aliphatic carbocycles. The normalized spacial score (nSPS) is 11.4. The molecule has 2 aromatic carbocycles. The second-order valence-corrected chi connectivity index (χ2v) is 8.35. The highest BCUT2D eigenvalue weighted by Gasteiger charge is 2.24. The van der Waals surface area contributed by atoms with Crippen molar-refractivity contribution in [2.45, 2.75) is 24.3 Å². The van der Waals surface area contributed by atoms with Crippen molar-refractivity contribution in [2.75, 3.05) is 17.9 Å². The monoisotopic (exact) mass is 397 g/mol. The Bertz CT molecular complexity index is 855. The van der Waals surface area contributed by atoms with Gasteiger partial charge in [-0.3, -0.25) is 9.10 Å². The second kappa shape index (κ2) is 8.53. The summed E-state index contributed by atoms with van der Waals surface area (Å²) in [7, 11) is -2.29. The average molecular weight is 398 g/mol. The zero-order valence-electron chi connectivity index (χ0n) is 15.0. The third-order valence-electron chi connectivity index (χ3n) is 3.84. The van der Waals surface area contributed by atoms with Crippen LogP contribution >= 0.6 is 12.4 Å². The van der Waals surface area contributed by atoms with Gasteiger partial charge in [0.25, 0.3) is 15.9 Å². The van der Waals surface area contributed by atoms with Crippen LogP contribution in [0.2, 0.25) is 0 Å². The second-order valence-electron chi connectivity index (χ2n) is 6.38. The predicted molar refractivity (Wildman–Crippen MR) is 106 cm³/mol. The summed E-state index contributed by atoms with van der Waals surface area (Å²) in [5, 5.41) is 2.79. The largest absolute Gasteiger partial charge is 0.346 e. The van der Waals surface area contributed by atoms with Crippen molar-refractivity contribution in [1.29, 1.82) is 0 Å². The molecule has 0 aliphatic heterocycles. The number of nitrogens with two attached hydrogens (primary N) is 1. The fourth-order valence-electron chi connectivity index (χ4n) is 2.16. The Balaban J connectivity index is 0.00000338. The molecule has 2 aromatic rings. The maximum absolute atomic E-state index is 12.8. The molecule has 0 atom stereocenters. The van der Waals surface area contributed by atoms with E-state index in [9.17, 15) is 13.2 Å². The minimum Gasteiger partial charge on any atom is -0.346 e. The van der Waals surface area contributed by atoms with Gasteiger partial charge in [-0.2, -0.15) is 0 Å². The van der Waals surface area contributed by atoms with Gasteiger partial charge in [0, 0.05) is 24.7 Å². The summed E-state index contributed by atoms with van der Waals surface area (Å²) in [6, 6.07) is 14.7. The smallest absolute Gasteiger partial charge is 0.264 e. The Hall–Kier alpha value is -2.09. The fourth-order valence-corrected chi connectivity index (χ4v) is 3.41. The maximum atomic E-state index is 12.8. The number of anilines is 1. The van der Waals surface area contributed by atoms with Crippen molar-refractivity contribution in [3.05, 3.63) is 60.2 Å². The standard InChI is InChI=1S/C18H23N3O3S.ClH/c1-18(2,13-19)20-17(22)14-8-7-11-16(12-14)25(23,24)21(3)15-9-5-4-6-10-15;/h4-12H,13,19H2,1-3H3,(H,20,22);1H. The number of amides is 1. The molecule has 0 saturated carbocycles. The molecule has 2 rings (SSSR count). The molecular formula is C18H24ClN3O3S. The molecule has 0 bridgehead atoms. The van der Waals surface area contributed by atoms with Crippen molar-refractivity contribution in [3.63, 3.8) is 0 Å². The van der Waals surface area contributed by atoms with E-state index in [0.29, 0.717) is 5.69 Å². The lowest BCUT2D eigenvalue weighted by Gasteiger charge is -2.24. The Kier molecular flexibility index (Phi) is 7.20. The number of benzene rings is 2. The summed E-state index contributed by atoms with van der Waals surface area (Å²) in [4.78, 5) is 12.4. The zero-order valence-corrected chi connectivity index (χ0v) is 16.6. The lowest BCUT2D eigenvalue weighted by atomic mass is 10.1. The molecule has 142 valence electrons. The number of nitrogens with one attached hydrogen (secondary N) is 1. The molecule has 0 fully saturated rings. The van der Waals surface area contributed by atoms with Gasteiger partial charge in [0.15, 0.2) is 0 Å². The molecule has 0 aliphatic rings. The minimum absolute atomic E-state index is 0. The van der Waals surface area contributed by atoms with Crippen LogP contribution < -0.4 is 15.4 Å². The highest BCUT2D eigenvalue weighted by atomic mass is 35.5. The van der Waals surface area contributed by atoms with Crippen LogP contribution in [0.4, 0.5) is 5.69 Å². The van der Waals surface area contributed by atoms with Gasteiger partial charge in [-0.25, -0.2) is 8.42 Å². The zero-order chi connectivity index (χ0) is 18.7. The SMILES string of the molecule is CN(c1ccccc1)S(=O)(=O)c1cccc(C(=O)NC(C)(C)CN)c1.Cl. The number of rotatable bonds is 6. The number of hydrogen-bond acceptors (Lipinski definition) is 4. The van der Waals surface area contributed by atoms with E-state index in [0.717, 1.165) is 0 Å². The summed E-state index contributed by atoms with van der Waals surface area (Å²) in [5.74, 6) is -0.366. The topological polar surface area (TPSA) is 92.5 Å². The van der Waals surface area contributed by atoms with Crippen molar-refractivity contribution in [2.24, 2.45) is 5.73 Å². The summed E-state index contributed by atoms with van der Waals surface area (Å²) < 4.78 is 26.8. The first-order valence-corrected chi connectivity index (χ1v) is 9.28. The highest BCUT2D eigenvalue weighted by Crippen LogP contribution is 2.22. The molecule has 6 nitrogen and oxygen atoms in total. The quantitative estimate of drug-likeness (QED) is 0.782. The van der Waals surface area contributed by atoms with Crippen molar-refractivity contribution < 1.29 is 13.2 Å². The van der Waals surface area contributed by atoms with Crippen LogP contribution in [0, 0.1) is 0 Å². The first-order valence-electron chi connectivity index (χ1n) is 7.84. The molecule has 3 N–H and O–H groups in total. The van der Waals surface area contributed by atoms with Gasteiger partial charge >= 0.3 is 0 Å². The Morgan fingerprint density at radius 2 is 1.73 bits per heavy atom. The fraction of sp³-hybridized carbons (Fsp3) is 0.278. The molecule has 0 unspecified atom stereocenters. The van der Waals surface area contributed by atoms with Crippen LogP contribution in [0.25, 0.3) is 0 Å². The summed E-state index contributed by atoms with van der Waals surface area (Å²) in [6.07, 6.45) is 0. The number of carbonyl (C=O) groups excluding carboxylic acids is 1. The molecule has 0 saturated heterocycles. The van der Waals surface area contributed by atoms with Gasteiger partial charge in [0.1, 0.15) is 0 Å². The maximum Gasteiger partial charge on any atom is 0.264 e. The van der Waals surface area contributed by atoms with E-state index >= 15 is 0 Å². The molecule has 0 aromatic heterocycles. The van der Waals surface area contributed by atoms with E-state index in [1.807, 2.05) is 6.07 Å². The van der Waals surface area contributed by atoms with E-state index in [-0.39, 0.29) is 35.3 Å². The lowest BCUT2D eigenvalue weighted by Crippen LogP contribution is -2.48. The third-order valence-corrected chi connectivity index (χ3v) is 5.62. The number of hydrogen-bond donors (Lipinski definition) is 2. The minimum atomic E-state index is -3.77. The van der Waals surface area contributed by atoms with Gasteiger partial charge < -0.3 is 11.1 Å². The van der Waals surface area contributed by atoms with Crippen molar-refractivity contribution in [1.82, 2.24) is 5.32 Å². The summed E-state index contributed by atoms with van der Waals surface area (Å²) >= 11 is 0. The molecular weight excluding hydrogens is 374 g/mol. The molecule has 26 heavy (non-hydrogen) atoms. The Labute approximate surface area is 160 Å². The molecule has 1 amide bonds. The number of nitrogens with zero attached hydrogens (tertiary/aromatic N) is 1.